The second-order valence-corrected chi connectivity index (χ2v) is 4.80. The molecule has 19 heavy (non-hydrogen) atoms. The van der Waals surface area contributed by atoms with Gasteiger partial charge in [0.25, 0.3) is 0 Å². The van der Waals surface area contributed by atoms with Crippen molar-refractivity contribution in [3.8, 4) is 0 Å². The number of nitrogens with one attached hydrogen (secondary N) is 1. The molecule has 98 valence electrons. The molecule has 0 fully saturated rings. The quantitative estimate of drug-likeness (QED) is 0.854. The second-order valence-electron chi connectivity index (χ2n) is 4.10. The van der Waals surface area contributed by atoms with Crippen LogP contribution in [0.1, 0.15) is 17.2 Å². The molecule has 2 aromatic rings. The monoisotopic (exact) mass is 293 g/mol. The summed E-state index contributed by atoms with van der Waals surface area (Å²) in [6, 6.07) is 16.9. The van der Waals surface area contributed by atoms with Crippen molar-refractivity contribution in [3.63, 3.8) is 0 Å². The van der Waals surface area contributed by atoms with Crippen molar-refractivity contribution < 1.29 is 4.79 Å². The van der Waals surface area contributed by atoms with Crippen LogP contribution in [0.25, 0.3) is 0 Å². The molecular formula is C15H13Cl2NO. The SMILES string of the molecule is O=C(CCl)NC(c1ccccc1)c1cccc(Cl)c1. The molecule has 0 aliphatic carbocycles. The summed E-state index contributed by atoms with van der Waals surface area (Å²) in [5.74, 6) is -0.278. The number of rotatable bonds is 4. The van der Waals surface area contributed by atoms with Crippen molar-refractivity contribution in [2.75, 3.05) is 5.88 Å². The molecule has 0 aliphatic rings. The minimum Gasteiger partial charge on any atom is -0.344 e. The van der Waals surface area contributed by atoms with Crippen LogP contribution in [0.5, 0.6) is 0 Å². The third-order valence-electron chi connectivity index (χ3n) is 2.74. The number of alkyl halides is 1. The van der Waals surface area contributed by atoms with Crippen LogP contribution in [0.4, 0.5) is 0 Å². The molecule has 0 radical (unpaired) electrons. The fourth-order valence-electron chi connectivity index (χ4n) is 1.89. The van der Waals surface area contributed by atoms with Crippen molar-refractivity contribution >= 4 is 29.1 Å². The zero-order valence-electron chi connectivity index (χ0n) is 10.1. The van der Waals surface area contributed by atoms with Gasteiger partial charge in [0.2, 0.25) is 5.91 Å². The molecule has 4 heteroatoms. The Morgan fingerprint density at radius 1 is 1.05 bits per heavy atom. The van der Waals surface area contributed by atoms with Gasteiger partial charge >= 0.3 is 0 Å². The van der Waals surface area contributed by atoms with E-state index in [-0.39, 0.29) is 17.8 Å². The number of amides is 1. The van der Waals surface area contributed by atoms with Gasteiger partial charge in [-0.05, 0) is 23.3 Å². The fraction of sp³-hybridized carbons (Fsp3) is 0.133. The first kappa shape index (κ1) is 13.9. The normalized spacial score (nSPS) is 11.9. The van der Waals surface area contributed by atoms with E-state index in [2.05, 4.69) is 5.32 Å². The van der Waals surface area contributed by atoms with Gasteiger partial charge < -0.3 is 5.32 Å². The number of halogens is 2. The lowest BCUT2D eigenvalue weighted by molar-refractivity contribution is -0.119. The van der Waals surface area contributed by atoms with Gasteiger partial charge in [-0.2, -0.15) is 0 Å². The van der Waals surface area contributed by atoms with E-state index in [9.17, 15) is 4.79 Å². The molecule has 1 atom stereocenters. The van der Waals surface area contributed by atoms with Crippen LogP contribution in [-0.4, -0.2) is 11.8 Å². The molecule has 0 aromatic heterocycles. The third kappa shape index (κ3) is 3.72. The molecule has 0 spiro atoms. The molecule has 0 aliphatic heterocycles. The van der Waals surface area contributed by atoms with Crippen LogP contribution in [0.3, 0.4) is 0 Å². The zero-order valence-corrected chi connectivity index (χ0v) is 11.7. The van der Waals surface area contributed by atoms with Crippen LogP contribution in [0.2, 0.25) is 5.02 Å². The van der Waals surface area contributed by atoms with E-state index in [0.717, 1.165) is 11.1 Å². The largest absolute Gasteiger partial charge is 0.344 e. The summed E-state index contributed by atoms with van der Waals surface area (Å²) in [6.45, 7) is 0. The Bertz CT molecular complexity index is 557. The number of carbonyl (C=O) groups excluding carboxylic acids is 1. The van der Waals surface area contributed by atoms with Gasteiger partial charge in [0.05, 0.1) is 6.04 Å². The first-order valence-corrected chi connectivity index (χ1v) is 6.77. The van der Waals surface area contributed by atoms with Gasteiger partial charge in [-0.25, -0.2) is 0 Å². The van der Waals surface area contributed by atoms with E-state index in [0.29, 0.717) is 5.02 Å². The Labute approximate surface area is 122 Å². The molecule has 0 saturated carbocycles. The number of benzene rings is 2. The van der Waals surface area contributed by atoms with E-state index in [1.165, 1.54) is 0 Å². The predicted octanol–water partition coefficient (Wildman–Crippen LogP) is 3.78. The van der Waals surface area contributed by atoms with Crippen molar-refractivity contribution in [2.45, 2.75) is 6.04 Å². The van der Waals surface area contributed by atoms with Gasteiger partial charge in [0, 0.05) is 5.02 Å². The lowest BCUT2D eigenvalue weighted by Gasteiger charge is -2.19. The van der Waals surface area contributed by atoms with Crippen molar-refractivity contribution in [2.24, 2.45) is 0 Å². The molecule has 2 aromatic carbocycles. The molecule has 0 heterocycles. The number of hydrogen-bond acceptors (Lipinski definition) is 1. The minimum atomic E-state index is -0.244. The summed E-state index contributed by atoms with van der Waals surface area (Å²) in [6.07, 6.45) is 0. The molecular weight excluding hydrogens is 281 g/mol. The molecule has 1 unspecified atom stereocenters. The van der Waals surface area contributed by atoms with E-state index < -0.39 is 0 Å². The maximum Gasteiger partial charge on any atom is 0.235 e. The lowest BCUT2D eigenvalue weighted by Crippen LogP contribution is -2.30. The molecule has 0 bridgehead atoms. The predicted molar refractivity (Wildman–Crippen MR) is 78.6 cm³/mol. The first-order valence-electron chi connectivity index (χ1n) is 5.86. The molecule has 0 saturated heterocycles. The van der Waals surface area contributed by atoms with Crippen molar-refractivity contribution in [3.05, 3.63) is 70.7 Å². The molecule has 2 nitrogen and oxygen atoms in total. The highest BCUT2D eigenvalue weighted by atomic mass is 35.5. The Morgan fingerprint density at radius 3 is 2.37 bits per heavy atom. The van der Waals surface area contributed by atoms with Crippen molar-refractivity contribution in [1.29, 1.82) is 0 Å². The van der Waals surface area contributed by atoms with Gasteiger partial charge in [0.15, 0.2) is 0 Å². The zero-order chi connectivity index (χ0) is 13.7. The maximum atomic E-state index is 11.6. The fourth-order valence-corrected chi connectivity index (χ4v) is 2.17. The lowest BCUT2D eigenvalue weighted by atomic mass is 9.99. The molecule has 1 N–H and O–H groups in total. The smallest absolute Gasteiger partial charge is 0.235 e. The summed E-state index contributed by atoms with van der Waals surface area (Å²) in [7, 11) is 0. The number of carbonyl (C=O) groups is 1. The first-order chi connectivity index (χ1) is 9.20. The van der Waals surface area contributed by atoms with E-state index in [1.54, 1.807) is 6.07 Å². The van der Waals surface area contributed by atoms with Gasteiger partial charge in [-0.3, -0.25) is 4.79 Å². The summed E-state index contributed by atoms with van der Waals surface area (Å²) in [4.78, 5) is 11.6. The Morgan fingerprint density at radius 2 is 1.74 bits per heavy atom. The molecule has 2 rings (SSSR count). The topological polar surface area (TPSA) is 29.1 Å². The van der Waals surface area contributed by atoms with E-state index >= 15 is 0 Å². The van der Waals surface area contributed by atoms with E-state index in [1.807, 2.05) is 48.5 Å². The van der Waals surface area contributed by atoms with Crippen LogP contribution >= 0.6 is 23.2 Å². The highest BCUT2D eigenvalue weighted by Gasteiger charge is 2.16. The van der Waals surface area contributed by atoms with E-state index in [4.69, 9.17) is 23.2 Å². The standard InChI is InChI=1S/C15H13Cl2NO/c16-10-14(19)18-15(11-5-2-1-3-6-11)12-7-4-8-13(17)9-12/h1-9,15H,10H2,(H,18,19). The summed E-state index contributed by atoms with van der Waals surface area (Å²) < 4.78 is 0. The van der Waals surface area contributed by atoms with Gasteiger partial charge in [-0.1, -0.05) is 54.1 Å². The Balaban J connectivity index is 2.37. The van der Waals surface area contributed by atoms with Crippen molar-refractivity contribution in [1.82, 2.24) is 5.32 Å². The molecule has 1 amide bonds. The summed E-state index contributed by atoms with van der Waals surface area (Å²) in [5.41, 5.74) is 1.92. The second kappa shape index (κ2) is 6.60. The maximum absolute atomic E-state index is 11.6. The minimum absolute atomic E-state index is 0.0656. The Hall–Kier alpha value is -1.51. The van der Waals surface area contributed by atoms with Crippen LogP contribution < -0.4 is 5.32 Å². The van der Waals surface area contributed by atoms with Crippen LogP contribution in [-0.2, 0) is 4.79 Å². The van der Waals surface area contributed by atoms with Crippen LogP contribution in [0, 0.1) is 0 Å². The highest BCUT2D eigenvalue weighted by Crippen LogP contribution is 2.24. The van der Waals surface area contributed by atoms with Gasteiger partial charge in [0.1, 0.15) is 5.88 Å². The average Bonchev–Trinajstić information content (AvgIpc) is 2.45. The third-order valence-corrected chi connectivity index (χ3v) is 3.22. The number of hydrogen-bond donors (Lipinski definition) is 1. The average molecular weight is 294 g/mol. The van der Waals surface area contributed by atoms with Crippen LogP contribution in [0.15, 0.2) is 54.6 Å². The highest BCUT2D eigenvalue weighted by molar-refractivity contribution is 6.30. The summed E-state index contributed by atoms with van der Waals surface area (Å²) >= 11 is 11.6. The Kier molecular flexibility index (Phi) is 4.83. The summed E-state index contributed by atoms with van der Waals surface area (Å²) in [5, 5.41) is 3.53. The van der Waals surface area contributed by atoms with Gasteiger partial charge in [-0.15, -0.1) is 11.6 Å².